The quantitative estimate of drug-likeness (QED) is 0.602. The minimum absolute atomic E-state index is 0.0699. The van der Waals surface area contributed by atoms with Crippen LogP contribution in [0.15, 0.2) is 59.3 Å². The Balaban J connectivity index is 1.83. The number of hydrogen-bond donors (Lipinski definition) is 0. The van der Waals surface area contributed by atoms with Crippen LogP contribution in [0, 0.1) is 5.82 Å². The van der Waals surface area contributed by atoms with Crippen LogP contribution in [-0.4, -0.2) is 25.8 Å². The first-order valence-corrected chi connectivity index (χ1v) is 8.51. The van der Waals surface area contributed by atoms with E-state index in [2.05, 4.69) is 0 Å². The molecule has 4 rings (SSSR count). The van der Waals surface area contributed by atoms with Crippen molar-refractivity contribution in [2.45, 2.75) is 6.92 Å². The molecule has 1 amide bonds. The third-order valence-corrected chi connectivity index (χ3v) is 4.59. The van der Waals surface area contributed by atoms with E-state index in [0.717, 1.165) is 0 Å². The zero-order chi connectivity index (χ0) is 19.8. The van der Waals surface area contributed by atoms with Crippen LogP contribution >= 0.6 is 0 Å². The molecule has 2 aromatic rings. The monoisotopic (exact) mass is 381 g/mol. The van der Waals surface area contributed by atoms with Crippen molar-refractivity contribution in [2.24, 2.45) is 0 Å². The SMILES string of the molecule is COC(=O)C1=C(C)N(c2ccccc2F)C(=O)C1=Cc1ccc2c(c1)OCO2. The van der Waals surface area contributed by atoms with Gasteiger partial charge in [-0.05, 0) is 42.8 Å². The van der Waals surface area contributed by atoms with Gasteiger partial charge in [-0.1, -0.05) is 18.2 Å². The number of fused-ring (bicyclic) bond motifs is 1. The Labute approximate surface area is 160 Å². The van der Waals surface area contributed by atoms with E-state index in [0.29, 0.717) is 22.8 Å². The third-order valence-electron chi connectivity index (χ3n) is 4.59. The number of ether oxygens (including phenoxy) is 3. The van der Waals surface area contributed by atoms with Crippen LogP contribution in [0.25, 0.3) is 6.08 Å². The van der Waals surface area contributed by atoms with Crippen LogP contribution in [0.1, 0.15) is 12.5 Å². The van der Waals surface area contributed by atoms with E-state index in [1.165, 1.54) is 30.2 Å². The molecule has 0 atom stereocenters. The number of amides is 1. The summed E-state index contributed by atoms with van der Waals surface area (Å²) in [4.78, 5) is 26.7. The molecule has 0 unspecified atom stereocenters. The van der Waals surface area contributed by atoms with Crippen molar-refractivity contribution >= 4 is 23.6 Å². The molecule has 7 heteroatoms. The fraction of sp³-hybridized carbons (Fsp3) is 0.143. The number of hydrogen-bond acceptors (Lipinski definition) is 5. The van der Waals surface area contributed by atoms with Crippen LogP contribution in [0.2, 0.25) is 0 Å². The normalized spacial score (nSPS) is 16.9. The van der Waals surface area contributed by atoms with Gasteiger partial charge < -0.3 is 14.2 Å². The topological polar surface area (TPSA) is 65.1 Å². The number of anilines is 1. The Kier molecular flexibility index (Phi) is 4.35. The van der Waals surface area contributed by atoms with E-state index >= 15 is 0 Å². The van der Waals surface area contributed by atoms with E-state index in [1.807, 2.05) is 0 Å². The van der Waals surface area contributed by atoms with Gasteiger partial charge in [-0.2, -0.15) is 0 Å². The van der Waals surface area contributed by atoms with Crippen LogP contribution in [0.5, 0.6) is 11.5 Å². The summed E-state index contributed by atoms with van der Waals surface area (Å²) in [6, 6.07) is 11.1. The number of carbonyl (C=O) groups excluding carboxylic acids is 2. The Hall–Kier alpha value is -3.61. The van der Waals surface area contributed by atoms with E-state index in [9.17, 15) is 14.0 Å². The highest BCUT2D eigenvalue weighted by atomic mass is 19.1. The van der Waals surface area contributed by atoms with Gasteiger partial charge in [0, 0.05) is 5.70 Å². The third kappa shape index (κ3) is 2.81. The van der Waals surface area contributed by atoms with Crippen molar-refractivity contribution < 1.29 is 28.2 Å². The van der Waals surface area contributed by atoms with Gasteiger partial charge >= 0.3 is 5.97 Å². The van der Waals surface area contributed by atoms with Crippen molar-refractivity contribution in [1.82, 2.24) is 0 Å². The van der Waals surface area contributed by atoms with Crippen molar-refractivity contribution in [3.63, 3.8) is 0 Å². The summed E-state index contributed by atoms with van der Waals surface area (Å²) in [7, 11) is 1.23. The van der Waals surface area contributed by atoms with Gasteiger partial charge in [0.1, 0.15) is 5.82 Å². The minimum Gasteiger partial charge on any atom is -0.465 e. The number of esters is 1. The van der Waals surface area contributed by atoms with E-state index in [1.54, 1.807) is 37.3 Å². The second-order valence-corrected chi connectivity index (χ2v) is 6.21. The summed E-state index contributed by atoms with van der Waals surface area (Å²) in [6.45, 7) is 1.71. The maximum Gasteiger partial charge on any atom is 0.340 e. The molecule has 2 aliphatic rings. The molecular formula is C21H16FNO5. The number of benzene rings is 2. The first kappa shape index (κ1) is 17.8. The predicted octanol–water partition coefficient (Wildman–Crippen LogP) is 3.43. The molecule has 0 aliphatic carbocycles. The zero-order valence-electron chi connectivity index (χ0n) is 15.2. The Morgan fingerprint density at radius 2 is 1.93 bits per heavy atom. The molecule has 0 bridgehead atoms. The van der Waals surface area contributed by atoms with E-state index < -0.39 is 17.7 Å². The van der Waals surface area contributed by atoms with E-state index in [-0.39, 0.29) is 23.6 Å². The Morgan fingerprint density at radius 1 is 1.18 bits per heavy atom. The number of methoxy groups -OCH3 is 1. The minimum atomic E-state index is -0.670. The molecular weight excluding hydrogens is 365 g/mol. The summed E-state index contributed by atoms with van der Waals surface area (Å²) in [6.07, 6.45) is 1.56. The molecule has 2 heterocycles. The average Bonchev–Trinajstić information content (AvgIpc) is 3.25. The molecule has 0 saturated carbocycles. The predicted molar refractivity (Wildman–Crippen MR) is 99.1 cm³/mol. The van der Waals surface area contributed by atoms with Gasteiger partial charge in [-0.25, -0.2) is 9.18 Å². The molecule has 0 fully saturated rings. The largest absolute Gasteiger partial charge is 0.465 e. The number of halogens is 1. The van der Waals surface area contributed by atoms with Crippen molar-refractivity contribution in [1.29, 1.82) is 0 Å². The molecule has 0 saturated heterocycles. The maximum atomic E-state index is 14.3. The van der Waals surface area contributed by atoms with Crippen molar-refractivity contribution in [2.75, 3.05) is 18.8 Å². The molecule has 0 aromatic heterocycles. The fourth-order valence-corrected chi connectivity index (χ4v) is 3.27. The van der Waals surface area contributed by atoms with Crippen molar-refractivity contribution in [3.8, 4) is 11.5 Å². The zero-order valence-corrected chi connectivity index (χ0v) is 15.2. The molecule has 0 N–H and O–H groups in total. The van der Waals surface area contributed by atoms with Crippen LogP contribution in [0.3, 0.4) is 0 Å². The molecule has 2 aliphatic heterocycles. The van der Waals surface area contributed by atoms with Crippen molar-refractivity contribution in [3.05, 3.63) is 70.7 Å². The molecule has 28 heavy (non-hydrogen) atoms. The number of para-hydroxylation sites is 1. The molecule has 2 aromatic carbocycles. The number of carbonyl (C=O) groups is 2. The smallest absolute Gasteiger partial charge is 0.340 e. The number of allylic oxidation sites excluding steroid dienone is 1. The lowest BCUT2D eigenvalue weighted by Crippen LogP contribution is -2.25. The van der Waals surface area contributed by atoms with Crippen LogP contribution in [0.4, 0.5) is 10.1 Å². The molecule has 0 spiro atoms. The van der Waals surface area contributed by atoms with Gasteiger partial charge in [0.15, 0.2) is 11.5 Å². The standard InChI is InChI=1S/C21H16FNO5/c1-12-19(21(25)26-2)14(9-13-7-8-17-18(10-13)28-11-27-17)20(24)23(12)16-6-4-3-5-15(16)22/h3-10H,11H2,1-2H3. The first-order valence-electron chi connectivity index (χ1n) is 8.51. The summed E-state index contributed by atoms with van der Waals surface area (Å²) >= 11 is 0. The van der Waals surface area contributed by atoms with E-state index in [4.69, 9.17) is 14.2 Å². The van der Waals surface area contributed by atoms with Gasteiger partial charge in [0.2, 0.25) is 6.79 Å². The Bertz CT molecular complexity index is 1060. The molecule has 142 valence electrons. The Morgan fingerprint density at radius 3 is 2.68 bits per heavy atom. The second kappa shape index (κ2) is 6.84. The van der Waals surface area contributed by atoms with Crippen LogP contribution in [-0.2, 0) is 14.3 Å². The maximum absolute atomic E-state index is 14.3. The van der Waals surface area contributed by atoms with Gasteiger partial charge in [-0.3, -0.25) is 9.69 Å². The summed E-state index contributed by atoms with van der Waals surface area (Å²) in [5.74, 6) is -0.597. The lowest BCUT2D eigenvalue weighted by molar-refractivity contribution is -0.136. The number of rotatable bonds is 3. The summed E-state index contributed by atoms with van der Waals surface area (Å²) in [5, 5.41) is 0. The average molecular weight is 381 g/mol. The lowest BCUT2D eigenvalue weighted by Gasteiger charge is -2.18. The number of nitrogens with zero attached hydrogens (tertiary/aromatic N) is 1. The highest BCUT2D eigenvalue weighted by molar-refractivity contribution is 6.23. The molecule has 6 nitrogen and oxygen atoms in total. The highest BCUT2D eigenvalue weighted by Crippen LogP contribution is 2.38. The van der Waals surface area contributed by atoms with Gasteiger partial charge in [0.25, 0.3) is 5.91 Å². The lowest BCUT2D eigenvalue weighted by atomic mass is 10.0. The highest BCUT2D eigenvalue weighted by Gasteiger charge is 2.38. The van der Waals surface area contributed by atoms with Gasteiger partial charge in [-0.15, -0.1) is 0 Å². The summed E-state index contributed by atoms with van der Waals surface area (Å²) < 4.78 is 29.8. The van der Waals surface area contributed by atoms with Crippen LogP contribution < -0.4 is 14.4 Å². The second-order valence-electron chi connectivity index (χ2n) is 6.21. The van der Waals surface area contributed by atoms with Gasteiger partial charge in [0.05, 0.1) is 23.9 Å². The first-order chi connectivity index (χ1) is 13.5. The molecule has 0 radical (unpaired) electrons. The summed E-state index contributed by atoms with van der Waals surface area (Å²) in [5.41, 5.74) is 1.21. The fourth-order valence-electron chi connectivity index (χ4n) is 3.27.